The van der Waals surface area contributed by atoms with Crippen molar-refractivity contribution in [3.63, 3.8) is 0 Å². The summed E-state index contributed by atoms with van der Waals surface area (Å²) in [6, 6.07) is 25.6. The van der Waals surface area contributed by atoms with E-state index in [9.17, 15) is 0 Å². The number of H-pyrrole nitrogens is 1. The zero-order chi connectivity index (χ0) is 32.2. The Morgan fingerprint density at radius 2 is 1.83 bits per heavy atom. The van der Waals surface area contributed by atoms with Gasteiger partial charge in [0.05, 0.1) is 17.3 Å². The molecule has 3 aromatic carbocycles. The summed E-state index contributed by atoms with van der Waals surface area (Å²) in [6.07, 6.45) is 12.3. The molecule has 3 unspecified atom stereocenters. The van der Waals surface area contributed by atoms with Crippen molar-refractivity contribution >= 4 is 39.1 Å². The Labute approximate surface area is 285 Å². The monoisotopic (exact) mass is 653 g/mol. The normalized spacial score (nSPS) is 20.5. The fourth-order valence-electron chi connectivity index (χ4n) is 8.80. The Hall–Kier alpha value is -4.46. The predicted molar refractivity (Wildman–Crippen MR) is 193 cm³/mol. The largest absolute Gasteiger partial charge is 0.398 e. The number of aryl methyl sites for hydroxylation is 1. The number of allylic oxidation sites excluding steroid dienone is 2. The van der Waals surface area contributed by atoms with Crippen LogP contribution in [0.3, 0.4) is 0 Å². The Kier molecular flexibility index (Phi) is 7.54. The predicted octanol–water partition coefficient (Wildman–Crippen LogP) is 8.54. The zero-order valence-corrected chi connectivity index (χ0v) is 27.8. The molecule has 0 spiro atoms. The number of benzene rings is 3. The average Bonchev–Trinajstić information content (AvgIpc) is 3.70. The molecule has 242 valence electrons. The maximum atomic E-state index is 6.77. The molecule has 3 aromatic heterocycles. The van der Waals surface area contributed by atoms with Crippen LogP contribution >= 0.6 is 11.6 Å². The molecule has 0 fully saturated rings. The summed E-state index contributed by atoms with van der Waals surface area (Å²) in [5, 5.41) is 12.2. The molecule has 0 saturated heterocycles. The van der Waals surface area contributed by atoms with E-state index in [1.165, 1.54) is 45.4 Å². The highest BCUT2D eigenvalue weighted by Gasteiger charge is 2.34. The minimum Gasteiger partial charge on any atom is -0.398 e. The Balaban J connectivity index is 0.840. The van der Waals surface area contributed by atoms with Crippen LogP contribution in [0.2, 0.25) is 5.02 Å². The van der Waals surface area contributed by atoms with Crippen LogP contribution in [0.15, 0.2) is 90.6 Å². The Morgan fingerprint density at radius 3 is 2.75 bits per heavy atom. The number of hydrogen-bond acceptors (Lipinski definition) is 5. The zero-order valence-electron chi connectivity index (χ0n) is 27.1. The minimum atomic E-state index is 0.158. The molecule has 1 aliphatic heterocycles. The first-order chi connectivity index (χ1) is 23.6. The summed E-state index contributed by atoms with van der Waals surface area (Å²) >= 11 is 6.26. The van der Waals surface area contributed by atoms with Gasteiger partial charge in [0.1, 0.15) is 0 Å². The molecule has 9 rings (SSSR count). The summed E-state index contributed by atoms with van der Waals surface area (Å²) in [5.74, 6) is 1.00. The summed E-state index contributed by atoms with van der Waals surface area (Å²) in [4.78, 5) is 11.3. The van der Waals surface area contributed by atoms with Crippen molar-refractivity contribution in [2.24, 2.45) is 5.92 Å². The number of unbranched alkanes of at least 4 members (excludes halogenated alkanes) is 1. The van der Waals surface area contributed by atoms with Crippen molar-refractivity contribution in [3.05, 3.63) is 129 Å². The van der Waals surface area contributed by atoms with Crippen LogP contribution in [-0.4, -0.2) is 36.4 Å². The van der Waals surface area contributed by atoms with Crippen LogP contribution in [0, 0.1) is 5.92 Å². The molecular weight excluding hydrogens is 614 g/mol. The first kappa shape index (κ1) is 29.7. The number of pyridine rings is 1. The van der Waals surface area contributed by atoms with Gasteiger partial charge in [-0.2, -0.15) is 0 Å². The van der Waals surface area contributed by atoms with Crippen LogP contribution in [0.1, 0.15) is 77.8 Å². The third-order valence-electron chi connectivity index (χ3n) is 10.9. The topological polar surface area (TPSA) is 88.6 Å². The molecule has 2 bridgehead atoms. The van der Waals surface area contributed by atoms with E-state index in [1.54, 1.807) is 5.57 Å². The molecule has 6 aromatic rings. The molecule has 8 heteroatoms. The van der Waals surface area contributed by atoms with Gasteiger partial charge in [-0.05, 0) is 92.2 Å². The molecule has 7 nitrogen and oxygen atoms in total. The van der Waals surface area contributed by atoms with E-state index < -0.39 is 0 Å². The number of hydrogen-bond donors (Lipinski definition) is 2. The highest BCUT2D eigenvalue weighted by Crippen LogP contribution is 2.47. The summed E-state index contributed by atoms with van der Waals surface area (Å²) in [5.41, 5.74) is 18.9. The third-order valence-corrected chi connectivity index (χ3v) is 11.1. The van der Waals surface area contributed by atoms with E-state index in [0.29, 0.717) is 16.9 Å². The van der Waals surface area contributed by atoms with Crippen LogP contribution < -0.4 is 5.73 Å². The first-order valence-corrected chi connectivity index (χ1v) is 17.8. The second kappa shape index (κ2) is 12.2. The number of para-hydroxylation sites is 1. The molecule has 3 N–H and O–H groups in total. The van der Waals surface area contributed by atoms with Crippen molar-refractivity contribution in [1.82, 2.24) is 29.9 Å². The van der Waals surface area contributed by atoms with Gasteiger partial charge in [0, 0.05) is 69.8 Å². The first-order valence-electron chi connectivity index (χ1n) is 17.4. The number of aromatic amines is 1. The summed E-state index contributed by atoms with van der Waals surface area (Å²) in [7, 11) is 0. The van der Waals surface area contributed by atoms with Crippen LogP contribution in [0.5, 0.6) is 0 Å². The standard InChI is InChI=1S/C40H40ClN7/c41-29-13-14-33-35(22-29)43-36-21-26-18-25(19-28(20-26)37(36)38(33)42)8-6-7-16-48-24-30(45-46-48)23-47-17-15-32-31-11-4-5-12-34(31)44-39(32)40(47)27-9-2-1-3-10-27/h1-5,9-14,18,22,24,26,28,40,44H,6-8,15-17,19-21,23H2,(H2,42,43). The number of anilines is 1. The van der Waals surface area contributed by atoms with Gasteiger partial charge in [-0.1, -0.05) is 77.0 Å². The van der Waals surface area contributed by atoms with Gasteiger partial charge in [0.15, 0.2) is 0 Å². The maximum absolute atomic E-state index is 6.77. The van der Waals surface area contributed by atoms with Crippen LogP contribution in [0.4, 0.5) is 5.69 Å². The van der Waals surface area contributed by atoms with E-state index in [4.69, 9.17) is 22.3 Å². The average molecular weight is 654 g/mol. The van der Waals surface area contributed by atoms with E-state index in [2.05, 4.69) is 87.1 Å². The van der Waals surface area contributed by atoms with Crippen molar-refractivity contribution in [2.45, 2.75) is 70.0 Å². The molecule has 0 radical (unpaired) electrons. The fourth-order valence-corrected chi connectivity index (χ4v) is 8.97. The van der Waals surface area contributed by atoms with E-state index in [1.807, 2.05) is 22.9 Å². The van der Waals surface area contributed by atoms with Gasteiger partial charge in [0.25, 0.3) is 0 Å². The summed E-state index contributed by atoms with van der Waals surface area (Å²) < 4.78 is 2.04. The maximum Gasteiger partial charge on any atom is 0.0967 e. The molecule has 4 heterocycles. The van der Waals surface area contributed by atoms with Crippen molar-refractivity contribution < 1.29 is 0 Å². The molecule has 3 aliphatic rings. The van der Waals surface area contributed by atoms with Gasteiger partial charge < -0.3 is 10.7 Å². The van der Waals surface area contributed by atoms with Crippen molar-refractivity contribution in [2.75, 3.05) is 12.3 Å². The molecule has 0 saturated carbocycles. The summed E-state index contributed by atoms with van der Waals surface area (Å²) in [6.45, 7) is 2.64. The lowest BCUT2D eigenvalue weighted by Crippen LogP contribution is -2.35. The number of rotatable bonds is 8. The second-order valence-corrected chi connectivity index (χ2v) is 14.4. The smallest absolute Gasteiger partial charge is 0.0967 e. The second-order valence-electron chi connectivity index (χ2n) is 14.0. The number of nitrogens with two attached hydrogens (primary N) is 1. The van der Waals surface area contributed by atoms with Gasteiger partial charge in [-0.15, -0.1) is 5.10 Å². The van der Waals surface area contributed by atoms with Gasteiger partial charge in [0.2, 0.25) is 0 Å². The fraction of sp³-hybridized carbons (Fsp3) is 0.325. The number of fused-ring (bicyclic) bond motifs is 8. The van der Waals surface area contributed by atoms with E-state index in [0.717, 1.165) is 80.4 Å². The van der Waals surface area contributed by atoms with Crippen LogP contribution in [-0.2, 0) is 25.9 Å². The highest BCUT2D eigenvalue weighted by molar-refractivity contribution is 6.31. The van der Waals surface area contributed by atoms with E-state index >= 15 is 0 Å². The lowest BCUT2D eigenvalue weighted by atomic mass is 9.70. The number of nitrogen functional groups attached to an aromatic ring is 1. The van der Waals surface area contributed by atoms with Crippen molar-refractivity contribution in [1.29, 1.82) is 0 Å². The number of nitrogens with zero attached hydrogens (tertiary/aromatic N) is 5. The highest BCUT2D eigenvalue weighted by atomic mass is 35.5. The number of halogens is 1. The third kappa shape index (κ3) is 5.39. The molecule has 3 atom stereocenters. The number of nitrogens with one attached hydrogen (secondary N) is 1. The van der Waals surface area contributed by atoms with Gasteiger partial charge >= 0.3 is 0 Å². The molecule has 48 heavy (non-hydrogen) atoms. The lowest BCUT2D eigenvalue weighted by Gasteiger charge is -2.36. The Bertz CT molecular complexity index is 2160. The Morgan fingerprint density at radius 1 is 0.958 bits per heavy atom. The molecule has 2 aliphatic carbocycles. The number of aromatic nitrogens is 5. The van der Waals surface area contributed by atoms with Crippen LogP contribution in [0.25, 0.3) is 21.8 Å². The molecular formula is C40H40ClN7. The quantitative estimate of drug-likeness (QED) is 0.127. The van der Waals surface area contributed by atoms with Gasteiger partial charge in [-0.3, -0.25) is 14.6 Å². The minimum absolute atomic E-state index is 0.158. The van der Waals surface area contributed by atoms with Crippen molar-refractivity contribution in [3.8, 4) is 0 Å². The van der Waals surface area contributed by atoms with Gasteiger partial charge in [-0.25, -0.2) is 0 Å². The van der Waals surface area contributed by atoms with E-state index in [-0.39, 0.29) is 6.04 Å². The lowest BCUT2D eigenvalue weighted by molar-refractivity contribution is 0.199. The SMILES string of the molecule is Nc1c2c(nc3cc(Cl)ccc13)CC1C=C(CCCCn3cc(CN4CCc5c([nH]c6ccccc56)C4c4ccccc4)nn3)CC2C1. The molecule has 0 amide bonds.